The van der Waals surface area contributed by atoms with Gasteiger partial charge in [-0.1, -0.05) is 37.6 Å². The third kappa shape index (κ3) is 4.05. The SMILES string of the molecule is Cc1cc(CC(=O)CC(C)C)ccc1Cl. The molecule has 0 bridgehead atoms. The lowest BCUT2D eigenvalue weighted by atomic mass is 10.0. The summed E-state index contributed by atoms with van der Waals surface area (Å²) in [5.74, 6) is 0.734. The summed E-state index contributed by atoms with van der Waals surface area (Å²) in [4.78, 5) is 11.6. The molecule has 0 aliphatic carbocycles. The summed E-state index contributed by atoms with van der Waals surface area (Å²) in [7, 11) is 0. The van der Waals surface area contributed by atoms with E-state index < -0.39 is 0 Å². The summed E-state index contributed by atoms with van der Waals surface area (Å²) in [6.45, 7) is 6.08. The Labute approximate surface area is 96.5 Å². The van der Waals surface area contributed by atoms with Crippen molar-refractivity contribution in [1.82, 2.24) is 0 Å². The highest BCUT2D eigenvalue weighted by molar-refractivity contribution is 6.31. The van der Waals surface area contributed by atoms with Gasteiger partial charge in [-0.2, -0.15) is 0 Å². The Morgan fingerprint density at radius 2 is 2.07 bits per heavy atom. The molecule has 0 heterocycles. The Balaban J connectivity index is 2.65. The van der Waals surface area contributed by atoms with Crippen molar-refractivity contribution in [2.45, 2.75) is 33.6 Å². The van der Waals surface area contributed by atoms with E-state index in [1.54, 1.807) is 0 Å². The van der Waals surface area contributed by atoms with Crippen LogP contribution < -0.4 is 0 Å². The van der Waals surface area contributed by atoms with Crippen LogP contribution >= 0.6 is 11.6 Å². The van der Waals surface area contributed by atoms with E-state index in [0.717, 1.165) is 16.1 Å². The molecule has 0 atom stereocenters. The van der Waals surface area contributed by atoms with Gasteiger partial charge < -0.3 is 0 Å². The number of ketones is 1. The highest BCUT2D eigenvalue weighted by Gasteiger charge is 2.07. The van der Waals surface area contributed by atoms with Crippen LogP contribution in [0.4, 0.5) is 0 Å². The third-order valence-corrected chi connectivity index (χ3v) is 2.68. The maximum absolute atomic E-state index is 11.6. The van der Waals surface area contributed by atoms with Gasteiger partial charge in [0.25, 0.3) is 0 Å². The molecular weight excluding hydrogens is 208 g/mol. The van der Waals surface area contributed by atoms with E-state index in [4.69, 9.17) is 11.6 Å². The summed E-state index contributed by atoms with van der Waals surface area (Å²) in [6.07, 6.45) is 1.18. The van der Waals surface area contributed by atoms with E-state index in [1.807, 2.05) is 25.1 Å². The van der Waals surface area contributed by atoms with Crippen LogP contribution in [0, 0.1) is 12.8 Å². The van der Waals surface area contributed by atoms with Gasteiger partial charge in [-0.15, -0.1) is 0 Å². The predicted molar refractivity (Wildman–Crippen MR) is 64.4 cm³/mol. The lowest BCUT2D eigenvalue weighted by Crippen LogP contribution is -2.06. The van der Waals surface area contributed by atoms with E-state index >= 15 is 0 Å². The zero-order valence-corrected chi connectivity index (χ0v) is 10.3. The highest BCUT2D eigenvalue weighted by atomic mass is 35.5. The molecule has 1 aromatic carbocycles. The van der Waals surface area contributed by atoms with Gasteiger partial charge in [-0.25, -0.2) is 0 Å². The van der Waals surface area contributed by atoms with Gasteiger partial charge in [-0.05, 0) is 30.0 Å². The van der Waals surface area contributed by atoms with Crippen molar-refractivity contribution in [3.63, 3.8) is 0 Å². The normalized spacial score (nSPS) is 10.7. The fourth-order valence-corrected chi connectivity index (χ4v) is 1.69. The second-order valence-corrected chi connectivity index (χ2v) is 4.80. The molecule has 1 rings (SSSR count). The van der Waals surface area contributed by atoms with E-state index in [1.165, 1.54) is 0 Å². The molecule has 2 heteroatoms. The first kappa shape index (κ1) is 12.3. The predicted octanol–water partition coefficient (Wildman–Crippen LogP) is 3.81. The molecule has 0 aliphatic heterocycles. The van der Waals surface area contributed by atoms with Crippen molar-refractivity contribution >= 4 is 17.4 Å². The molecular formula is C13H17ClO. The van der Waals surface area contributed by atoms with E-state index in [2.05, 4.69) is 13.8 Å². The van der Waals surface area contributed by atoms with Gasteiger partial charge in [0.1, 0.15) is 5.78 Å². The van der Waals surface area contributed by atoms with Crippen molar-refractivity contribution in [2.75, 3.05) is 0 Å². The maximum Gasteiger partial charge on any atom is 0.137 e. The molecule has 1 nitrogen and oxygen atoms in total. The molecule has 0 saturated heterocycles. The number of benzene rings is 1. The summed E-state index contributed by atoms with van der Waals surface area (Å²) in [5.41, 5.74) is 2.09. The van der Waals surface area contributed by atoms with Gasteiger partial charge >= 0.3 is 0 Å². The van der Waals surface area contributed by atoms with E-state index in [0.29, 0.717) is 24.5 Å². The first-order valence-electron chi connectivity index (χ1n) is 5.25. The van der Waals surface area contributed by atoms with Crippen LogP contribution in [0.2, 0.25) is 5.02 Å². The lowest BCUT2D eigenvalue weighted by Gasteiger charge is -2.05. The largest absolute Gasteiger partial charge is 0.299 e. The number of carbonyl (C=O) groups excluding carboxylic acids is 1. The van der Waals surface area contributed by atoms with Crippen LogP contribution in [0.1, 0.15) is 31.4 Å². The molecule has 1 aromatic rings. The minimum Gasteiger partial charge on any atom is -0.299 e. The maximum atomic E-state index is 11.6. The Hall–Kier alpha value is -0.820. The number of rotatable bonds is 4. The van der Waals surface area contributed by atoms with Gasteiger partial charge in [0.05, 0.1) is 0 Å². The van der Waals surface area contributed by atoms with Crippen LogP contribution in [0.15, 0.2) is 18.2 Å². The van der Waals surface area contributed by atoms with Gasteiger partial charge in [0.2, 0.25) is 0 Å². The Kier molecular flexibility index (Phi) is 4.34. The van der Waals surface area contributed by atoms with E-state index in [-0.39, 0.29) is 0 Å². The standard InChI is InChI=1S/C13H17ClO/c1-9(2)6-12(15)8-11-4-5-13(14)10(3)7-11/h4-5,7,9H,6,8H2,1-3H3. The van der Waals surface area contributed by atoms with Crippen LogP contribution in [0.25, 0.3) is 0 Å². The first-order valence-corrected chi connectivity index (χ1v) is 5.63. The van der Waals surface area contributed by atoms with Gasteiger partial charge in [0.15, 0.2) is 0 Å². The number of carbonyl (C=O) groups is 1. The molecule has 82 valence electrons. The molecule has 0 aromatic heterocycles. The number of halogens is 1. The number of aryl methyl sites for hydroxylation is 1. The van der Waals surface area contributed by atoms with Crippen molar-refractivity contribution in [1.29, 1.82) is 0 Å². The average molecular weight is 225 g/mol. The highest BCUT2D eigenvalue weighted by Crippen LogP contribution is 2.17. The second-order valence-electron chi connectivity index (χ2n) is 4.40. The van der Waals surface area contributed by atoms with E-state index in [9.17, 15) is 4.79 Å². The van der Waals surface area contributed by atoms with Crippen molar-refractivity contribution in [3.05, 3.63) is 34.3 Å². The zero-order chi connectivity index (χ0) is 11.4. The molecule has 0 radical (unpaired) electrons. The minimum absolute atomic E-state index is 0.298. The van der Waals surface area contributed by atoms with Crippen molar-refractivity contribution < 1.29 is 4.79 Å². The summed E-state index contributed by atoms with van der Waals surface area (Å²) >= 11 is 5.92. The van der Waals surface area contributed by atoms with Crippen LogP contribution in [0.3, 0.4) is 0 Å². The summed E-state index contributed by atoms with van der Waals surface area (Å²) in [5, 5.41) is 0.759. The Bertz CT molecular complexity index is 356. The van der Waals surface area contributed by atoms with Crippen molar-refractivity contribution in [2.24, 2.45) is 5.92 Å². The van der Waals surface area contributed by atoms with Crippen LogP contribution in [-0.4, -0.2) is 5.78 Å². The minimum atomic E-state index is 0.298. The molecule has 15 heavy (non-hydrogen) atoms. The number of hydrogen-bond acceptors (Lipinski definition) is 1. The molecule has 0 amide bonds. The molecule has 0 saturated carbocycles. The smallest absolute Gasteiger partial charge is 0.137 e. The molecule has 0 unspecified atom stereocenters. The second kappa shape index (κ2) is 5.32. The first-order chi connectivity index (χ1) is 6.99. The van der Waals surface area contributed by atoms with Crippen molar-refractivity contribution in [3.8, 4) is 0 Å². The Morgan fingerprint density at radius 3 is 2.60 bits per heavy atom. The number of hydrogen-bond donors (Lipinski definition) is 0. The number of Topliss-reactive ketones (excluding diaryl/α,β-unsaturated/α-hetero) is 1. The molecule has 0 fully saturated rings. The molecule has 0 spiro atoms. The van der Waals surface area contributed by atoms with Crippen LogP contribution in [0.5, 0.6) is 0 Å². The Morgan fingerprint density at radius 1 is 1.40 bits per heavy atom. The van der Waals surface area contributed by atoms with Crippen LogP contribution in [-0.2, 0) is 11.2 Å². The third-order valence-electron chi connectivity index (χ3n) is 2.26. The summed E-state index contributed by atoms with van der Waals surface area (Å²) < 4.78 is 0. The topological polar surface area (TPSA) is 17.1 Å². The average Bonchev–Trinajstić information content (AvgIpc) is 2.10. The van der Waals surface area contributed by atoms with Gasteiger partial charge in [-0.3, -0.25) is 4.79 Å². The lowest BCUT2D eigenvalue weighted by molar-refractivity contribution is -0.119. The fourth-order valence-electron chi connectivity index (χ4n) is 1.57. The quantitative estimate of drug-likeness (QED) is 0.760. The van der Waals surface area contributed by atoms with Gasteiger partial charge in [0, 0.05) is 17.9 Å². The summed E-state index contributed by atoms with van der Waals surface area (Å²) in [6, 6.07) is 5.77. The zero-order valence-electron chi connectivity index (χ0n) is 9.51. The molecule has 0 N–H and O–H groups in total. The monoisotopic (exact) mass is 224 g/mol. The fraction of sp³-hybridized carbons (Fsp3) is 0.462. The molecule has 0 aliphatic rings.